The normalized spacial score (nSPS) is 25.3. The lowest BCUT2D eigenvalue weighted by molar-refractivity contribution is -0.196. The third-order valence-electron chi connectivity index (χ3n) is 2.04. The second-order valence-corrected chi connectivity index (χ2v) is 3.74. The van der Waals surface area contributed by atoms with Crippen LogP contribution in [0, 0.1) is 5.41 Å². The first-order chi connectivity index (χ1) is 6.51. The Kier molecular flexibility index (Phi) is 3.16. The van der Waals surface area contributed by atoms with Crippen LogP contribution in [0.3, 0.4) is 0 Å². The summed E-state index contributed by atoms with van der Waals surface area (Å²) in [6.45, 7) is 6.12. The number of carbonyl (C=O) groups is 1. The maximum Gasteiger partial charge on any atom is 0.375 e. The van der Waals surface area contributed by atoms with Crippen LogP contribution in [0.25, 0.3) is 0 Å². The van der Waals surface area contributed by atoms with Gasteiger partial charge in [-0.2, -0.15) is 0 Å². The fourth-order valence-corrected chi connectivity index (χ4v) is 1.38. The summed E-state index contributed by atoms with van der Waals surface area (Å²) in [5, 5.41) is 0. The molecule has 1 aliphatic rings. The number of hydrogen-bond donors (Lipinski definition) is 0. The molecule has 0 radical (unpaired) electrons. The van der Waals surface area contributed by atoms with Gasteiger partial charge in [-0.25, -0.2) is 4.79 Å². The summed E-state index contributed by atoms with van der Waals surface area (Å²) < 4.78 is 15.3. The number of hydrogen-bond acceptors (Lipinski definition) is 4. The molecule has 80 valence electrons. The molecular weight excluding hydrogens is 184 g/mol. The monoisotopic (exact) mass is 200 g/mol. The lowest BCUT2D eigenvalue weighted by Gasteiger charge is -2.33. The van der Waals surface area contributed by atoms with E-state index in [0.29, 0.717) is 6.61 Å². The summed E-state index contributed by atoms with van der Waals surface area (Å²) in [5.41, 5.74) is -0.354. The highest BCUT2D eigenvalue weighted by molar-refractivity contribution is 5.87. The molecule has 1 rings (SSSR count). The van der Waals surface area contributed by atoms with Crippen molar-refractivity contribution in [1.29, 1.82) is 0 Å². The highest BCUT2D eigenvalue weighted by atomic mass is 16.7. The summed E-state index contributed by atoms with van der Waals surface area (Å²) in [4.78, 5) is 11.3. The molecule has 0 fully saturated rings. The Morgan fingerprint density at radius 3 is 2.71 bits per heavy atom. The molecule has 0 spiro atoms. The molecule has 14 heavy (non-hydrogen) atoms. The fraction of sp³-hybridized carbons (Fsp3) is 0.700. The molecule has 1 aliphatic heterocycles. The Morgan fingerprint density at radius 2 is 2.21 bits per heavy atom. The zero-order valence-electron chi connectivity index (χ0n) is 8.99. The molecule has 1 atom stereocenters. The quantitative estimate of drug-likeness (QED) is 0.647. The first-order valence-corrected chi connectivity index (χ1v) is 4.60. The molecule has 0 aromatic carbocycles. The smallest absolute Gasteiger partial charge is 0.375 e. The van der Waals surface area contributed by atoms with E-state index < -0.39 is 12.3 Å². The van der Waals surface area contributed by atoms with Crippen LogP contribution in [-0.2, 0) is 19.0 Å². The highest BCUT2D eigenvalue weighted by Gasteiger charge is 2.38. The van der Waals surface area contributed by atoms with Crippen LogP contribution in [0.1, 0.15) is 20.8 Å². The van der Waals surface area contributed by atoms with Crippen LogP contribution in [0.15, 0.2) is 11.8 Å². The van der Waals surface area contributed by atoms with E-state index in [1.54, 1.807) is 6.08 Å². The van der Waals surface area contributed by atoms with E-state index >= 15 is 0 Å². The van der Waals surface area contributed by atoms with Gasteiger partial charge in [0.05, 0.1) is 6.61 Å². The second-order valence-electron chi connectivity index (χ2n) is 3.74. The average molecular weight is 200 g/mol. The van der Waals surface area contributed by atoms with Gasteiger partial charge >= 0.3 is 5.97 Å². The standard InChI is InChI=1S/C10H16O4/c1-5-13-7-6-10(2,3)9(12-4)14-8(7)11/h6,9H,5H2,1-4H3. The van der Waals surface area contributed by atoms with E-state index in [1.807, 2.05) is 20.8 Å². The minimum atomic E-state index is -0.542. The summed E-state index contributed by atoms with van der Waals surface area (Å²) in [5.74, 6) is -0.191. The van der Waals surface area contributed by atoms with Crippen LogP contribution >= 0.6 is 0 Å². The number of esters is 1. The maximum atomic E-state index is 11.3. The minimum absolute atomic E-state index is 0.269. The molecule has 0 saturated heterocycles. The zero-order valence-corrected chi connectivity index (χ0v) is 8.99. The van der Waals surface area contributed by atoms with Crippen molar-refractivity contribution in [2.75, 3.05) is 13.7 Å². The summed E-state index contributed by atoms with van der Waals surface area (Å²) in [6.07, 6.45) is 1.20. The number of carbonyl (C=O) groups excluding carboxylic acids is 1. The van der Waals surface area contributed by atoms with E-state index in [1.165, 1.54) is 7.11 Å². The van der Waals surface area contributed by atoms with Crippen molar-refractivity contribution in [2.45, 2.75) is 27.1 Å². The van der Waals surface area contributed by atoms with E-state index in [4.69, 9.17) is 14.2 Å². The van der Waals surface area contributed by atoms with Crippen molar-refractivity contribution in [2.24, 2.45) is 5.41 Å². The van der Waals surface area contributed by atoms with Gasteiger partial charge in [0.1, 0.15) is 0 Å². The van der Waals surface area contributed by atoms with E-state index in [-0.39, 0.29) is 11.2 Å². The zero-order chi connectivity index (χ0) is 10.8. The van der Waals surface area contributed by atoms with Crippen LogP contribution in [-0.4, -0.2) is 26.0 Å². The minimum Gasteiger partial charge on any atom is -0.487 e. The van der Waals surface area contributed by atoms with E-state index in [2.05, 4.69) is 0 Å². The molecule has 0 saturated carbocycles. The number of ether oxygens (including phenoxy) is 3. The largest absolute Gasteiger partial charge is 0.487 e. The van der Waals surface area contributed by atoms with Gasteiger partial charge in [-0.1, -0.05) is 13.8 Å². The maximum absolute atomic E-state index is 11.3. The summed E-state index contributed by atoms with van der Waals surface area (Å²) >= 11 is 0. The SMILES string of the molecule is CCOC1=CC(C)(C)C(OC)OC1=O. The topological polar surface area (TPSA) is 44.8 Å². The molecule has 0 amide bonds. The van der Waals surface area contributed by atoms with Crippen molar-refractivity contribution >= 4 is 5.97 Å². The molecule has 0 aromatic heterocycles. The molecule has 1 unspecified atom stereocenters. The molecule has 1 heterocycles. The van der Waals surface area contributed by atoms with E-state index in [0.717, 1.165) is 0 Å². The van der Waals surface area contributed by atoms with Crippen LogP contribution in [0.5, 0.6) is 0 Å². The molecule has 0 N–H and O–H groups in total. The van der Waals surface area contributed by atoms with Gasteiger partial charge in [-0.3, -0.25) is 0 Å². The Morgan fingerprint density at radius 1 is 1.57 bits per heavy atom. The van der Waals surface area contributed by atoms with Gasteiger partial charge in [0.25, 0.3) is 0 Å². The summed E-state index contributed by atoms with van der Waals surface area (Å²) in [7, 11) is 1.51. The Hall–Kier alpha value is -1.03. The van der Waals surface area contributed by atoms with Crippen LogP contribution in [0.4, 0.5) is 0 Å². The van der Waals surface area contributed by atoms with Gasteiger partial charge in [0.2, 0.25) is 12.0 Å². The predicted octanol–water partition coefficient (Wildman–Crippen LogP) is 1.46. The Bertz CT molecular complexity index is 255. The second kappa shape index (κ2) is 4.00. The van der Waals surface area contributed by atoms with Crippen LogP contribution < -0.4 is 0 Å². The molecule has 4 nitrogen and oxygen atoms in total. The highest BCUT2D eigenvalue weighted by Crippen LogP contribution is 2.32. The number of rotatable bonds is 3. The van der Waals surface area contributed by atoms with Crippen molar-refractivity contribution < 1.29 is 19.0 Å². The number of cyclic esters (lactones) is 1. The first-order valence-electron chi connectivity index (χ1n) is 4.60. The predicted molar refractivity (Wildman–Crippen MR) is 50.4 cm³/mol. The molecule has 0 aliphatic carbocycles. The lowest BCUT2D eigenvalue weighted by atomic mass is 9.90. The van der Waals surface area contributed by atoms with Crippen molar-refractivity contribution in [3.63, 3.8) is 0 Å². The van der Waals surface area contributed by atoms with Gasteiger partial charge in [-0.05, 0) is 13.0 Å². The molecule has 0 bridgehead atoms. The number of methoxy groups -OCH3 is 1. The fourth-order valence-electron chi connectivity index (χ4n) is 1.38. The third-order valence-corrected chi connectivity index (χ3v) is 2.04. The van der Waals surface area contributed by atoms with Gasteiger partial charge in [0.15, 0.2) is 0 Å². The van der Waals surface area contributed by atoms with Crippen molar-refractivity contribution in [3.8, 4) is 0 Å². The Labute approximate surface area is 83.8 Å². The third kappa shape index (κ3) is 2.07. The molecular formula is C10H16O4. The van der Waals surface area contributed by atoms with Gasteiger partial charge in [-0.15, -0.1) is 0 Å². The Balaban J connectivity index is 2.89. The van der Waals surface area contributed by atoms with Crippen LogP contribution in [0.2, 0.25) is 0 Å². The first kappa shape index (κ1) is 11.0. The molecule has 0 aromatic rings. The van der Waals surface area contributed by atoms with Crippen molar-refractivity contribution in [1.82, 2.24) is 0 Å². The molecule has 4 heteroatoms. The average Bonchev–Trinajstić information content (AvgIpc) is 2.10. The van der Waals surface area contributed by atoms with Gasteiger partial charge in [0, 0.05) is 12.5 Å². The lowest BCUT2D eigenvalue weighted by Crippen LogP contribution is -2.39. The van der Waals surface area contributed by atoms with E-state index in [9.17, 15) is 4.79 Å². The van der Waals surface area contributed by atoms with Crippen molar-refractivity contribution in [3.05, 3.63) is 11.8 Å². The van der Waals surface area contributed by atoms with Gasteiger partial charge < -0.3 is 14.2 Å². The summed E-state index contributed by atoms with van der Waals surface area (Å²) in [6, 6.07) is 0.